The standard InChI is InChI=1S/C29H61O8P/c1-5-7-8-9-10-11-12-13-14-15-16-17-18-20-24-34-26-28(27-37-38(30,31)36-23-6-2)35-25-21-19-22-29(32-3)33-4/h28-29H,5-27H2,1-4H3,(H,30,31). The van der Waals surface area contributed by atoms with Crippen molar-refractivity contribution in [3.05, 3.63) is 0 Å². The minimum atomic E-state index is -4.07. The van der Waals surface area contributed by atoms with Gasteiger partial charge in [0, 0.05) is 27.4 Å². The number of rotatable bonds is 31. The molecular weight excluding hydrogens is 507 g/mol. The first kappa shape index (κ1) is 38.0. The van der Waals surface area contributed by atoms with Crippen LogP contribution in [0.25, 0.3) is 0 Å². The van der Waals surface area contributed by atoms with E-state index in [-0.39, 0.29) is 19.5 Å². The Morgan fingerprint density at radius 3 is 1.66 bits per heavy atom. The highest BCUT2D eigenvalue weighted by Gasteiger charge is 2.23. The molecule has 2 unspecified atom stereocenters. The molecule has 0 aromatic carbocycles. The third kappa shape index (κ3) is 26.2. The zero-order chi connectivity index (χ0) is 28.2. The number of phosphoric acid groups is 1. The van der Waals surface area contributed by atoms with E-state index in [0.717, 1.165) is 32.1 Å². The summed E-state index contributed by atoms with van der Waals surface area (Å²) in [4.78, 5) is 9.82. The van der Waals surface area contributed by atoms with E-state index in [1.165, 1.54) is 77.0 Å². The molecule has 0 aliphatic carbocycles. The first-order valence-electron chi connectivity index (χ1n) is 15.4. The molecule has 0 rings (SSSR count). The highest BCUT2D eigenvalue weighted by atomic mass is 31.2. The Kier molecular flexibility index (Phi) is 28.4. The second-order valence-corrected chi connectivity index (χ2v) is 11.6. The average molecular weight is 569 g/mol. The van der Waals surface area contributed by atoms with Crippen LogP contribution >= 0.6 is 7.82 Å². The van der Waals surface area contributed by atoms with Gasteiger partial charge < -0.3 is 23.8 Å². The van der Waals surface area contributed by atoms with Gasteiger partial charge in [-0.2, -0.15) is 0 Å². The van der Waals surface area contributed by atoms with E-state index in [2.05, 4.69) is 6.92 Å². The van der Waals surface area contributed by atoms with Gasteiger partial charge in [0.2, 0.25) is 0 Å². The SMILES string of the molecule is CCCCCCCCCCCCCCCCOCC(COP(=O)(O)OCCC)OCCCCC(OC)OC. The average Bonchev–Trinajstić information content (AvgIpc) is 2.91. The Morgan fingerprint density at radius 2 is 1.13 bits per heavy atom. The topological polar surface area (TPSA) is 92.7 Å². The minimum absolute atomic E-state index is 0.0466. The molecule has 38 heavy (non-hydrogen) atoms. The maximum Gasteiger partial charge on any atom is 0.472 e. The molecule has 0 saturated carbocycles. The number of unbranched alkanes of at least 4 members (excludes halogenated alkanes) is 14. The van der Waals surface area contributed by atoms with Crippen molar-refractivity contribution in [1.29, 1.82) is 0 Å². The molecule has 0 bridgehead atoms. The second kappa shape index (κ2) is 28.5. The van der Waals surface area contributed by atoms with Crippen LogP contribution in [0.1, 0.15) is 129 Å². The van der Waals surface area contributed by atoms with Crippen molar-refractivity contribution >= 4 is 7.82 Å². The molecule has 0 aliphatic heterocycles. The summed E-state index contributed by atoms with van der Waals surface area (Å²) in [7, 11) is -0.821. The lowest BCUT2D eigenvalue weighted by atomic mass is 10.0. The van der Waals surface area contributed by atoms with E-state index < -0.39 is 13.9 Å². The zero-order valence-corrected chi connectivity index (χ0v) is 26.1. The van der Waals surface area contributed by atoms with Crippen LogP contribution < -0.4 is 0 Å². The Labute approximate surface area is 234 Å². The van der Waals surface area contributed by atoms with Crippen LogP contribution in [0.2, 0.25) is 0 Å². The molecule has 230 valence electrons. The van der Waals surface area contributed by atoms with E-state index in [9.17, 15) is 9.46 Å². The van der Waals surface area contributed by atoms with Crippen molar-refractivity contribution in [3.8, 4) is 0 Å². The number of phosphoric ester groups is 1. The van der Waals surface area contributed by atoms with Crippen LogP contribution in [-0.4, -0.2) is 64.5 Å². The van der Waals surface area contributed by atoms with E-state index in [1.54, 1.807) is 14.2 Å². The third-order valence-corrected chi connectivity index (χ3v) is 7.53. The van der Waals surface area contributed by atoms with E-state index in [0.29, 0.717) is 26.2 Å². The Bertz CT molecular complexity index is 519. The largest absolute Gasteiger partial charge is 0.472 e. The third-order valence-electron chi connectivity index (χ3n) is 6.54. The maximum absolute atomic E-state index is 12.0. The van der Waals surface area contributed by atoms with Gasteiger partial charge in [-0.3, -0.25) is 9.05 Å². The normalized spacial score (nSPS) is 14.3. The molecule has 0 spiro atoms. The maximum atomic E-state index is 12.0. The summed E-state index contributed by atoms with van der Waals surface area (Å²) in [6.07, 6.45) is 21.0. The molecule has 0 aromatic heterocycles. The zero-order valence-electron chi connectivity index (χ0n) is 25.2. The first-order valence-corrected chi connectivity index (χ1v) is 16.8. The number of hydrogen-bond acceptors (Lipinski definition) is 7. The molecule has 2 atom stereocenters. The van der Waals surface area contributed by atoms with Crippen LogP contribution in [0.4, 0.5) is 0 Å². The summed E-state index contributed by atoms with van der Waals surface area (Å²) in [6, 6.07) is 0. The van der Waals surface area contributed by atoms with Crippen LogP contribution in [0.3, 0.4) is 0 Å². The number of methoxy groups -OCH3 is 2. The van der Waals surface area contributed by atoms with Crippen LogP contribution in [0.5, 0.6) is 0 Å². The Hall–Kier alpha value is -0.0500. The van der Waals surface area contributed by atoms with Crippen LogP contribution in [0, 0.1) is 0 Å². The minimum Gasteiger partial charge on any atom is -0.379 e. The van der Waals surface area contributed by atoms with Gasteiger partial charge in [0.25, 0.3) is 0 Å². The fourth-order valence-electron chi connectivity index (χ4n) is 4.17. The molecule has 0 aromatic rings. The Balaban J connectivity index is 3.94. The van der Waals surface area contributed by atoms with Crippen molar-refractivity contribution in [1.82, 2.24) is 0 Å². The second-order valence-electron chi connectivity index (χ2n) is 10.2. The fourth-order valence-corrected chi connectivity index (χ4v) is 5.02. The van der Waals surface area contributed by atoms with Gasteiger partial charge in [-0.1, -0.05) is 97.3 Å². The molecular formula is C29H61O8P. The van der Waals surface area contributed by atoms with E-state index in [1.807, 2.05) is 6.92 Å². The quantitative estimate of drug-likeness (QED) is 0.0508. The van der Waals surface area contributed by atoms with Crippen molar-refractivity contribution in [2.24, 2.45) is 0 Å². The van der Waals surface area contributed by atoms with Gasteiger partial charge in [-0.25, -0.2) is 4.57 Å². The van der Waals surface area contributed by atoms with E-state index in [4.69, 9.17) is 28.0 Å². The van der Waals surface area contributed by atoms with Gasteiger partial charge in [0.05, 0.1) is 19.8 Å². The Morgan fingerprint density at radius 1 is 0.605 bits per heavy atom. The molecule has 0 heterocycles. The summed E-state index contributed by atoms with van der Waals surface area (Å²) in [6.45, 7) is 5.75. The smallest absolute Gasteiger partial charge is 0.379 e. The number of hydrogen-bond donors (Lipinski definition) is 1. The fraction of sp³-hybridized carbons (Fsp3) is 1.00. The van der Waals surface area contributed by atoms with Crippen molar-refractivity contribution in [2.45, 2.75) is 142 Å². The van der Waals surface area contributed by atoms with Crippen LogP contribution in [0.15, 0.2) is 0 Å². The summed E-state index contributed by atoms with van der Waals surface area (Å²) in [5, 5.41) is 0. The molecule has 0 saturated heterocycles. The summed E-state index contributed by atoms with van der Waals surface area (Å²) in [5.74, 6) is 0. The highest BCUT2D eigenvalue weighted by Crippen LogP contribution is 2.43. The van der Waals surface area contributed by atoms with Crippen molar-refractivity contribution < 1.29 is 37.5 Å². The molecule has 8 nitrogen and oxygen atoms in total. The van der Waals surface area contributed by atoms with Gasteiger partial charge in [-0.05, 0) is 32.1 Å². The highest BCUT2D eigenvalue weighted by molar-refractivity contribution is 7.47. The van der Waals surface area contributed by atoms with Gasteiger partial charge >= 0.3 is 7.82 Å². The molecule has 0 amide bonds. The summed E-state index contributed by atoms with van der Waals surface area (Å²) < 4.78 is 44.2. The summed E-state index contributed by atoms with van der Waals surface area (Å²) in [5.41, 5.74) is 0. The monoisotopic (exact) mass is 568 g/mol. The first-order chi connectivity index (χ1) is 18.5. The lowest BCUT2D eigenvalue weighted by molar-refractivity contribution is -0.108. The molecule has 0 aliphatic rings. The van der Waals surface area contributed by atoms with Gasteiger partial charge in [0.15, 0.2) is 6.29 Å². The van der Waals surface area contributed by atoms with Crippen molar-refractivity contribution in [2.75, 3.05) is 47.3 Å². The van der Waals surface area contributed by atoms with Crippen LogP contribution in [-0.2, 0) is 32.6 Å². The predicted molar refractivity (Wildman–Crippen MR) is 155 cm³/mol. The van der Waals surface area contributed by atoms with Gasteiger partial charge in [0.1, 0.15) is 6.10 Å². The van der Waals surface area contributed by atoms with Crippen molar-refractivity contribution in [3.63, 3.8) is 0 Å². The molecule has 0 radical (unpaired) electrons. The van der Waals surface area contributed by atoms with E-state index >= 15 is 0 Å². The summed E-state index contributed by atoms with van der Waals surface area (Å²) >= 11 is 0. The number of ether oxygens (including phenoxy) is 4. The molecule has 1 N–H and O–H groups in total. The molecule has 0 fully saturated rings. The lowest BCUT2D eigenvalue weighted by Gasteiger charge is -2.20. The molecule has 9 heteroatoms. The predicted octanol–water partition coefficient (Wildman–Crippen LogP) is 8.20. The van der Waals surface area contributed by atoms with Gasteiger partial charge in [-0.15, -0.1) is 0 Å². The lowest BCUT2D eigenvalue weighted by Crippen LogP contribution is -2.26.